The third-order valence-electron chi connectivity index (χ3n) is 19.4. The van der Waals surface area contributed by atoms with Crippen LogP contribution in [0.4, 0.5) is 37.7 Å². The van der Waals surface area contributed by atoms with Crippen molar-refractivity contribution in [3.8, 4) is 11.5 Å². The fourth-order valence-electron chi connectivity index (χ4n) is 14.2. The molecule has 4 atom stereocenters. The van der Waals surface area contributed by atoms with Gasteiger partial charge in [0.15, 0.2) is 11.6 Å². The Morgan fingerprint density at radius 1 is 0.538 bits per heavy atom. The van der Waals surface area contributed by atoms with Gasteiger partial charge in [-0.15, -0.1) is 5.23 Å². The number of nitro groups is 1. The van der Waals surface area contributed by atoms with E-state index in [0.717, 1.165) is 78.4 Å². The fraction of sp³-hybridized carbons (Fsp3) is 0.315. The lowest BCUT2D eigenvalue weighted by atomic mass is 9.69. The van der Waals surface area contributed by atoms with Crippen LogP contribution in [0.3, 0.4) is 0 Å². The van der Waals surface area contributed by atoms with Gasteiger partial charge < -0.3 is 9.47 Å². The zero-order valence-corrected chi connectivity index (χ0v) is 53.7. The molecule has 4 aliphatic heterocycles. The van der Waals surface area contributed by atoms with Gasteiger partial charge in [-0.05, 0) is 175 Å². The maximum atomic E-state index is 16.3. The number of carbonyl (C=O) groups is 2. The Kier molecular flexibility index (Phi) is 16.9. The molecule has 8 aliphatic rings. The number of hydrogen-bond acceptors (Lipinski definition) is 9. The van der Waals surface area contributed by atoms with Crippen LogP contribution in [0.2, 0.25) is 0 Å². The molecule has 0 radical (unpaired) electrons. The van der Waals surface area contributed by atoms with Gasteiger partial charge in [-0.1, -0.05) is 36.4 Å². The number of fused-ring (bicyclic) bond motifs is 7. The first kappa shape index (κ1) is 64.8. The lowest BCUT2D eigenvalue weighted by Gasteiger charge is -2.34. The van der Waals surface area contributed by atoms with Crippen LogP contribution in [0, 0.1) is 10.1 Å². The molecule has 20 heteroatoms. The molecule has 12 rings (SSSR count). The molecule has 0 saturated carbocycles. The number of alkyl halides is 6. The summed E-state index contributed by atoms with van der Waals surface area (Å²) in [5.41, 5.74) is 4.38. The van der Waals surface area contributed by atoms with Crippen LogP contribution in [0.5, 0.6) is 11.5 Å². The molecule has 4 aromatic rings. The Labute approximate surface area is 542 Å². The predicted octanol–water partition coefficient (Wildman–Crippen LogP) is 12.4. The Balaban J connectivity index is 0.693. The second-order valence-corrected chi connectivity index (χ2v) is 28.7. The quantitative estimate of drug-likeness (QED) is 0.0129. The van der Waals surface area contributed by atoms with E-state index in [0.29, 0.717) is 57.6 Å². The topological polar surface area (TPSA) is 148 Å². The molecule has 0 bridgehead atoms. The number of ketones is 2. The molecule has 0 amide bonds. The number of halogens is 6. The fourth-order valence-corrected chi connectivity index (χ4v) is 17.3. The van der Waals surface area contributed by atoms with E-state index in [1.807, 2.05) is 36.4 Å². The van der Waals surface area contributed by atoms with Crippen LogP contribution in [0.1, 0.15) is 102 Å². The lowest BCUT2D eigenvalue weighted by Crippen LogP contribution is -3.04. The van der Waals surface area contributed by atoms with Crippen molar-refractivity contribution in [3.63, 3.8) is 0 Å². The number of quaternary nitrogens is 2. The summed E-state index contributed by atoms with van der Waals surface area (Å²) in [5.74, 6) is -15.5. The van der Waals surface area contributed by atoms with Crippen molar-refractivity contribution in [2.24, 2.45) is 0 Å². The normalized spacial score (nSPS) is 26.3. The SMILES string of the molecule is CC1(C)C(=CC=C2C=C(N(O)O)C=CC2=O)[NH+](CCCCCOc2ccc(C3=[S+][C@@]4(C)C(=C3)C3=C(C5=CC(c6ccc(OCCCCC[NH+]7C(=CC=C8C=C([N+](=O)[O-])C=CC8=O)C(C)(C)c8ccccc87)cc6)=[S+][C@@]54C)C(F)(F)C(F)(F)C3(F)F)cc2)c2ccccc21. The standard InChI is InChI=1S/C73H68F6N4O8S2/c1-67(2)53-17-9-11-19-57(53)80(63(67)35-25-47-41-49(82(86)87)27-33-59(47)84)37-13-7-15-39-90-51-29-21-45(22-30-51)61-43-55-65-66(72(76,77)73(78,79)71(65,74)75)56-44-62(93-70(56,6)69(55,5)92-61)46-23-31-52(32-24-46)91-40-16-8-14-38-81-58-20-12-10-18-54(58)68(3,4)64(81)36-26-48-42-50(83(88)89)28-34-60(48)85/h9-12,17-36,41-44,86-87H,7-8,13-16,37-40H2,1-6H3/q+2/p+2/t69-,70-/m0/s1. The van der Waals surface area contributed by atoms with Crippen molar-refractivity contribution in [1.82, 2.24) is 5.23 Å². The van der Waals surface area contributed by atoms with Crippen LogP contribution in [-0.2, 0) is 43.1 Å². The summed E-state index contributed by atoms with van der Waals surface area (Å²) in [4.78, 5) is 39.6. The van der Waals surface area contributed by atoms with Gasteiger partial charge in [0.2, 0.25) is 32.4 Å². The first-order valence-electron chi connectivity index (χ1n) is 31.0. The summed E-state index contributed by atoms with van der Waals surface area (Å²) in [7, 11) is 0. The van der Waals surface area contributed by atoms with E-state index in [9.17, 15) is 30.1 Å². The predicted molar refractivity (Wildman–Crippen MR) is 348 cm³/mol. The molecule has 4 aliphatic carbocycles. The van der Waals surface area contributed by atoms with Crippen molar-refractivity contribution in [2.45, 2.75) is 118 Å². The monoisotopic (exact) mass is 1310 g/mol. The smallest absolute Gasteiger partial charge is 0.380 e. The maximum absolute atomic E-state index is 16.3. The number of nitrogens with zero attached hydrogens (tertiary/aromatic N) is 2. The van der Waals surface area contributed by atoms with Crippen molar-refractivity contribution in [2.75, 3.05) is 26.3 Å². The van der Waals surface area contributed by atoms with Crippen LogP contribution in [0.15, 0.2) is 226 Å². The Morgan fingerprint density at radius 3 is 1.39 bits per heavy atom. The minimum Gasteiger partial charge on any atom is -0.494 e. The average molecular weight is 1310 g/mol. The zero-order valence-electron chi connectivity index (χ0n) is 52.1. The second kappa shape index (κ2) is 24.3. The third kappa shape index (κ3) is 11.1. The highest BCUT2D eigenvalue weighted by Gasteiger charge is 2.87. The molecule has 4 heterocycles. The molecule has 0 saturated heterocycles. The van der Waals surface area contributed by atoms with Crippen molar-refractivity contribution in [3.05, 3.63) is 259 Å². The number of rotatable bonds is 20. The third-order valence-corrected chi connectivity index (χ3v) is 22.8. The summed E-state index contributed by atoms with van der Waals surface area (Å²) in [5, 5.41) is 30.6. The zero-order chi connectivity index (χ0) is 66.2. The molecule has 4 N–H and O–H groups in total. The average Bonchev–Trinajstić information content (AvgIpc) is 1.49. The highest BCUT2D eigenvalue weighted by Crippen LogP contribution is 2.69. The molecular formula is C73H70F6N4O8S2+4. The summed E-state index contributed by atoms with van der Waals surface area (Å²) in [6.45, 7) is 14.1. The van der Waals surface area contributed by atoms with E-state index in [2.05, 4.69) is 52.0 Å². The number of nitrogens with one attached hydrogen (secondary N) is 2. The molecule has 480 valence electrons. The van der Waals surface area contributed by atoms with Crippen molar-refractivity contribution in [1.29, 1.82) is 0 Å². The second-order valence-electron chi connectivity index (χ2n) is 25.7. The summed E-state index contributed by atoms with van der Waals surface area (Å²) in [6.07, 6.45) is 22.4. The molecule has 0 aromatic heterocycles. The van der Waals surface area contributed by atoms with Crippen molar-refractivity contribution < 1.29 is 70.5 Å². The first-order chi connectivity index (χ1) is 44.1. The van der Waals surface area contributed by atoms with E-state index in [-0.39, 0.29) is 55.7 Å². The molecule has 4 aromatic carbocycles. The largest absolute Gasteiger partial charge is 0.494 e. The molecule has 0 spiro atoms. The minimum absolute atomic E-state index is 0.0244. The van der Waals surface area contributed by atoms with Crippen LogP contribution in [-0.4, -0.2) is 95.4 Å². The van der Waals surface area contributed by atoms with Gasteiger partial charge in [0.1, 0.15) is 34.3 Å². The van der Waals surface area contributed by atoms with E-state index in [1.54, 1.807) is 74.5 Å². The number of hydrogen-bond donors (Lipinski definition) is 4. The highest BCUT2D eigenvalue weighted by molar-refractivity contribution is 7.86. The van der Waals surface area contributed by atoms with Gasteiger partial charge in [-0.25, -0.2) is 0 Å². The van der Waals surface area contributed by atoms with E-state index >= 15 is 26.3 Å². The molecule has 0 fully saturated rings. The highest BCUT2D eigenvalue weighted by atomic mass is 32.1. The number of hydroxylamine groups is 2. The van der Waals surface area contributed by atoms with E-state index < -0.39 is 43.3 Å². The number of para-hydroxylation sites is 2. The number of ether oxygens (including phenoxy) is 2. The van der Waals surface area contributed by atoms with Crippen molar-refractivity contribution >= 4 is 55.4 Å². The summed E-state index contributed by atoms with van der Waals surface area (Å²) < 4.78 is 106. The first-order valence-corrected chi connectivity index (χ1v) is 32.6. The Bertz CT molecular complexity index is 4240. The lowest BCUT2D eigenvalue weighted by molar-refractivity contribution is -0.789. The maximum Gasteiger partial charge on any atom is 0.380 e. The summed E-state index contributed by atoms with van der Waals surface area (Å²) >= 11 is 2.39. The van der Waals surface area contributed by atoms with Gasteiger partial charge in [0.05, 0.1) is 47.8 Å². The van der Waals surface area contributed by atoms with Gasteiger partial charge >= 0.3 is 17.8 Å². The number of benzene rings is 4. The van der Waals surface area contributed by atoms with E-state index in [4.69, 9.17) is 9.47 Å². The minimum atomic E-state index is -5.70. The van der Waals surface area contributed by atoms with Gasteiger partial charge in [-0.3, -0.25) is 39.9 Å². The number of carbonyl (C=O) groups excluding carboxylic acids is 2. The molecule has 12 nitrogen and oxygen atoms in total. The number of unbranched alkanes of at least 4 members (excludes halogenated alkanes) is 4. The Morgan fingerprint density at radius 2 is 0.957 bits per heavy atom. The molecular weight excluding hydrogens is 1240 g/mol. The molecule has 2 unspecified atom stereocenters. The molecule has 93 heavy (non-hydrogen) atoms. The van der Waals surface area contributed by atoms with Gasteiger partial charge in [-0.2, -0.15) is 26.3 Å². The van der Waals surface area contributed by atoms with Gasteiger partial charge in [0, 0.05) is 93.8 Å². The Hall–Kier alpha value is -8.24. The van der Waals surface area contributed by atoms with Crippen LogP contribution in [0.25, 0.3) is 0 Å². The van der Waals surface area contributed by atoms with Crippen LogP contribution >= 0.6 is 0 Å². The van der Waals surface area contributed by atoms with Gasteiger partial charge in [0.25, 0.3) is 15.2 Å². The number of allylic oxidation sites excluding steroid dienone is 18. The van der Waals surface area contributed by atoms with E-state index in [1.165, 1.54) is 81.8 Å². The summed E-state index contributed by atoms with van der Waals surface area (Å²) in [6, 6.07) is 30.4. The van der Waals surface area contributed by atoms with Crippen LogP contribution < -0.4 is 19.3 Å².